The molecule has 6 heteroatoms. The SMILES string of the molecule is COc1nc2c(cc1C(=O)N(C)CCc1scnc1C)CCC2. The summed E-state index contributed by atoms with van der Waals surface area (Å²) in [6.07, 6.45) is 3.89. The number of carbonyl (C=O) groups is 1. The molecule has 0 unspecified atom stereocenters. The Balaban J connectivity index is 1.75. The monoisotopic (exact) mass is 331 g/mol. The summed E-state index contributed by atoms with van der Waals surface area (Å²) in [5.41, 5.74) is 5.71. The van der Waals surface area contributed by atoms with E-state index in [-0.39, 0.29) is 5.91 Å². The maximum absolute atomic E-state index is 12.8. The van der Waals surface area contributed by atoms with Gasteiger partial charge in [0.15, 0.2) is 0 Å². The van der Waals surface area contributed by atoms with Crippen LogP contribution in [0.2, 0.25) is 0 Å². The topological polar surface area (TPSA) is 55.3 Å². The van der Waals surface area contributed by atoms with Crippen molar-refractivity contribution in [2.24, 2.45) is 0 Å². The quantitative estimate of drug-likeness (QED) is 0.845. The molecule has 0 fully saturated rings. The summed E-state index contributed by atoms with van der Waals surface area (Å²) < 4.78 is 5.34. The number of pyridine rings is 1. The van der Waals surface area contributed by atoms with Crippen molar-refractivity contribution in [2.75, 3.05) is 20.7 Å². The predicted octanol–water partition coefficient (Wildman–Crippen LogP) is 2.66. The molecule has 0 bridgehead atoms. The number of thiazole rings is 1. The van der Waals surface area contributed by atoms with E-state index < -0.39 is 0 Å². The molecule has 5 nitrogen and oxygen atoms in total. The minimum Gasteiger partial charge on any atom is -0.480 e. The molecule has 0 atom stereocenters. The van der Waals surface area contributed by atoms with Crippen molar-refractivity contribution >= 4 is 17.2 Å². The van der Waals surface area contributed by atoms with Gasteiger partial charge >= 0.3 is 0 Å². The maximum Gasteiger partial charge on any atom is 0.259 e. The number of rotatable bonds is 5. The maximum atomic E-state index is 12.8. The number of methoxy groups -OCH3 is 1. The molecule has 1 amide bonds. The number of ether oxygens (including phenoxy) is 1. The van der Waals surface area contributed by atoms with Crippen molar-refractivity contribution in [1.29, 1.82) is 0 Å². The number of hydrogen-bond donors (Lipinski definition) is 0. The number of likely N-dealkylation sites (N-methyl/N-ethyl adjacent to an activating group) is 1. The average Bonchev–Trinajstić information content (AvgIpc) is 3.18. The van der Waals surface area contributed by atoms with Crippen LogP contribution in [0.15, 0.2) is 11.6 Å². The van der Waals surface area contributed by atoms with Crippen molar-refractivity contribution < 1.29 is 9.53 Å². The van der Waals surface area contributed by atoms with Gasteiger partial charge in [0, 0.05) is 30.6 Å². The molecule has 3 rings (SSSR count). The number of hydrogen-bond acceptors (Lipinski definition) is 5. The Morgan fingerprint density at radius 2 is 2.26 bits per heavy atom. The fraction of sp³-hybridized carbons (Fsp3) is 0.471. The van der Waals surface area contributed by atoms with Crippen LogP contribution >= 0.6 is 11.3 Å². The van der Waals surface area contributed by atoms with Crippen molar-refractivity contribution in [2.45, 2.75) is 32.6 Å². The molecule has 1 aliphatic carbocycles. The molecular formula is C17H21N3O2S. The molecule has 0 N–H and O–H groups in total. The second-order valence-corrected chi connectivity index (χ2v) is 6.78. The van der Waals surface area contributed by atoms with Gasteiger partial charge in [-0.25, -0.2) is 9.97 Å². The van der Waals surface area contributed by atoms with Gasteiger partial charge in [0.2, 0.25) is 5.88 Å². The second-order valence-electron chi connectivity index (χ2n) is 5.84. The van der Waals surface area contributed by atoms with Gasteiger partial charge in [-0.05, 0) is 37.8 Å². The minimum absolute atomic E-state index is 0.0359. The highest BCUT2D eigenvalue weighted by Gasteiger charge is 2.23. The van der Waals surface area contributed by atoms with Gasteiger partial charge < -0.3 is 9.64 Å². The molecule has 0 saturated carbocycles. The summed E-state index contributed by atoms with van der Waals surface area (Å²) in [4.78, 5) is 24.5. The first-order chi connectivity index (χ1) is 11.1. The van der Waals surface area contributed by atoms with E-state index in [1.807, 2.05) is 25.5 Å². The van der Waals surface area contributed by atoms with Gasteiger partial charge in [0.25, 0.3) is 5.91 Å². The smallest absolute Gasteiger partial charge is 0.259 e. The summed E-state index contributed by atoms with van der Waals surface area (Å²) in [6, 6.07) is 1.96. The van der Waals surface area contributed by atoms with Crippen LogP contribution < -0.4 is 4.74 Å². The summed E-state index contributed by atoms with van der Waals surface area (Å²) in [6.45, 7) is 2.66. The molecule has 23 heavy (non-hydrogen) atoms. The van der Waals surface area contributed by atoms with E-state index in [1.54, 1.807) is 23.3 Å². The zero-order valence-corrected chi connectivity index (χ0v) is 14.6. The molecule has 2 aromatic rings. The number of aromatic nitrogens is 2. The van der Waals surface area contributed by atoms with Crippen LogP contribution in [0.25, 0.3) is 0 Å². The lowest BCUT2D eigenvalue weighted by Crippen LogP contribution is -2.29. The summed E-state index contributed by atoms with van der Waals surface area (Å²) in [5, 5.41) is 0. The van der Waals surface area contributed by atoms with Crippen LogP contribution in [-0.4, -0.2) is 41.5 Å². The molecule has 0 spiro atoms. The average molecular weight is 331 g/mol. The highest BCUT2D eigenvalue weighted by molar-refractivity contribution is 7.09. The summed E-state index contributed by atoms with van der Waals surface area (Å²) >= 11 is 1.64. The molecule has 122 valence electrons. The highest BCUT2D eigenvalue weighted by atomic mass is 32.1. The van der Waals surface area contributed by atoms with E-state index in [0.29, 0.717) is 18.0 Å². The zero-order chi connectivity index (χ0) is 16.4. The lowest BCUT2D eigenvalue weighted by molar-refractivity contribution is 0.0792. The fourth-order valence-corrected chi connectivity index (χ4v) is 3.67. The van der Waals surface area contributed by atoms with E-state index in [0.717, 1.165) is 37.1 Å². The molecule has 0 radical (unpaired) electrons. The largest absolute Gasteiger partial charge is 0.480 e. The molecular weight excluding hydrogens is 310 g/mol. The van der Waals surface area contributed by atoms with E-state index in [1.165, 1.54) is 10.4 Å². The first-order valence-electron chi connectivity index (χ1n) is 7.81. The fourth-order valence-electron chi connectivity index (χ4n) is 2.90. The Hall–Kier alpha value is -1.95. The Labute approximate surface area is 140 Å². The highest BCUT2D eigenvalue weighted by Crippen LogP contribution is 2.27. The van der Waals surface area contributed by atoms with Gasteiger partial charge in [-0.1, -0.05) is 0 Å². The van der Waals surface area contributed by atoms with Gasteiger partial charge in [-0.3, -0.25) is 4.79 Å². The van der Waals surface area contributed by atoms with Crippen molar-refractivity contribution in [3.05, 3.63) is 39.0 Å². The van der Waals surface area contributed by atoms with Crippen LogP contribution in [0.1, 0.15) is 38.6 Å². The van der Waals surface area contributed by atoms with E-state index in [4.69, 9.17) is 4.74 Å². The molecule has 2 heterocycles. The van der Waals surface area contributed by atoms with Crippen LogP contribution in [0.3, 0.4) is 0 Å². The van der Waals surface area contributed by atoms with Crippen molar-refractivity contribution in [3.8, 4) is 5.88 Å². The first kappa shape index (κ1) is 15.9. The number of aryl methyl sites for hydroxylation is 3. The van der Waals surface area contributed by atoms with Crippen LogP contribution in [-0.2, 0) is 19.3 Å². The van der Waals surface area contributed by atoms with E-state index >= 15 is 0 Å². The third-order valence-corrected chi connectivity index (χ3v) is 5.30. The third-order valence-electron chi connectivity index (χ3n) is 4.31. The Bertz CT molecular complexity index is 727. The van der Waals surface area contributed by atoms with E-state index in [2.05, 4.69) is 9.97 Å². The molecule has 0 saturated heterocycles. The van der Waals surface area contributed by atoms with Crippen LogP contribution in [0.5, 0.6) is 5.88 Å². The molecule has 2 aromatic heterocycles. The van der Waals surface area contributed by atoms with E-state index in [9.17, 15) is 4.79 Å². The van der Waals surface area contributed by atoms with Gasteiger partial charge in [0.1, 0.15) is 5.56 Å². The summed E-state index contributed by atoms with van der Waals surface area (Å²) in [5.74, 6) is 0.405. The van der Waals surface area contributed by atoms with Gasteiger partial charge in [0.05, 0.1) is 18.3 Å². The predicted molar refractivity (Wildman–Crippen MR) is 90.3 cm³/mol. The third kappa shape index (κ3) is 3.22. The number of carbonyl (C=O) groups excluding carboxylic acids is 1. The van der Waals surface area contributed by atoms with Gasteiger partial charge in [-0.15, -0.1) is 11.3 Å². The first-order valence-corrected chi connectivity index (χ1v) is 8.69. The Kier molecular flexibility index (Phi) is 4.61. The normalized spacial score (nSPS) is 13.0. The van der Waals surface area contributed by atoms with Crippen molar-refractivity contribution in [1.82, 2.24) is 14.9 Å². The van der Waals surface area contributed by atoms with Crippen LogP contribution in [0, 0.1) is 6.92 Å². The lowest BCUT2D eigenvalue weighted by Gasteiger charge is -2.18. The number of amides is 1. The Morgan fingerprint density at radius 1 is 1.43 bits per heavy atom. The van der Waals surface area contributed by atoms with Gasteiger partial charge in [-0.2, -0.15) is 0 Å². The molecule has 1 aliphatic rings. The number of fused-ring (bicyclic) bond motifs is 1. The second kappa shape index (κ2) is 6.66. The zero-order valence-electron chi connectivity index (χ0n) is 13.8. The summed E-state index contributed by atoms with van der Waals surface area (Å²) in [7, 11) is 3.40. The Morgan fingerprint density at radius 3 is 2.96 bits per heavy atom. The van der Waals surface area contributed by atoms with Crippen molar-refractivity contribution in [3.63, 3.8) is 0 Å². The standard InChI is InChI=1S/C17H21N3O2S/c1-11-15(23-10-18-11)7-8-20(2)17(21)13-9-12-5-4-6-14(12)19-16(13)22-3/h9-10H,4-8H2,1-3H3. The molecule has 0 aromatic carbocycles. The van der Waals surface area contributed by atoms with Crippen LogP contribution in [0.4, 0.5) is 0 Å². The lowest BCUT2D eigenvalue weighted by atomic mass is 10.1. The molecule has 0 aliphatic heterocycles. The number of nitrogens with zero attached hydrogens (tertiary/aromatic N) is 3. The minimum atomic E-state index is -0.0359.